The van der Waals surface area contributed by atoms with E-state index in [1.807, 2.05) is 48.5 Å². The highest BCUT2D eigenvalue weighted by Crippen LogP contribution is 2.23. The van der Waals surface area contributed by atoms with Gasteiger partial charge in [0.1, 0.15) is 13.2 Å². The summed E-state index contributed by atoms with van der Waals surface area (Å²) < 4.78 is 10.5. The van der Waals surface area contributed by atoms with E-state index in [-0.39, 0.29) is 25.2 Å². The van der Waals surface area contributed by atoms with Crippen molar-refractivity contribution in [3.8, 4) is 0 Å². The van der Waals surface area contributed by atoms with Crippen LogP contribution in [0.25, 0.3) is 0 Å². The largest absolute Gasteiger partial charge is 0.464 e. The number of benzene rings is 3. The van der Waals surface area contributed by atoms with Crippen LogP contribution in [0.2, 0.25) is 0 Å². The lowest BCUT2D eigenvalue weighted by atomic mass is 10.2. The molecule has 3 aromatic rings. The van der Waals surface area contributed by atoms with E-state index in [1.165, 1.54) is 0 Å². The first kappa shape index (κ1) is 26.8. The maximum atomic E-state index is 11.5. The lowest BCUT2D eigenvalue weighted by molar-refractivity contribution is -0.143. The number of anilines is 3. The molecule has 7 heteroatoms. The molecule has 0 saturated carbocycles. The van der Waals surface area contributed by atoms with Crippen LogP contribution < -0.4 is 15.3 Å². The molecule has 0 bridgehead atoms. The number of hydrogen-bond acceptors (Lipinski definition) is 7. The second-order valence-electron chi connectivity index (χ2n) is 8.14. The van der Waals surface area contributed by atoms with Crippen LogP contribution in [-0.2, 0) is 25.6 Å². The Morgan fingerprint density at radius 3 is 1.58 bits per heavy atom. The number of carbonyl (C=O) groups excluding carboxylic acids is 2. The average Bonchev–Trinajstić information content (AvgIpc) is 2.93. The second-order valence-corrected chi connectivity index (χ2v) is 8.14. The maximum absolute atomic E-state index is 11.5. The molecule has 0 saturated heterocycles. The van der Waals surface area contributed by atoms with Crippen LogP contribution in [0.5, 0.6) is 0 Å². The van der Waals surface area contributed by atoms with Crippen LogP contribution in [0.3, 0.4) is 0 Å². The number of hydrazine groups is 1. The zero-order valence-electron chi connectivity index (χ0n) is 21.1. The quantitative estimate of drug-likeness (QED) is 0.245. The van der Waals surface area contributed by atoms with Gasteiger partial charge in [-0.15, -0.1) is 0 Å². The molecule has 0 fully saturated rings. The molecule has 3 aromatic carbocycles. The minimum Gasteiger partial charge on any atom is -0.464 e. The molecule has 0 heterocycles. The van der Waals surface area contributed by atoms with Gasteiger partial charge in [0, 0.05) is 25.1 Å². The summed E-state index contributed by atoms with van der Waals surface area (Å²) in [6, 6.07) is 28.6. The summed E-state index contributed by atoms with van der Waals surface area (Å²) in [5, 5.41) is 2.07. The van der Waals surface area contributed by atoms with Crippen molar-refractivity contribution in [3.05, 3.63) is 90.5 Å². The smallest absolute Gasteiger partial charge is 0.305 e. The Labute approximate surface area is 213 Å². The van der Waals surface area contributed by atoms with Gasteiger partial charge >= 0.3 is 11.9 Å². The van der Waals surface area contributed by atoms with Crippen LogP contribution in [0.4, 0.5) is 17.1 Å². The highest BCUT2D eigenvalue weighted by Gasteiger charge is 2.11. The third-order valence-electron chi connectivity index (χ3n) is 5.60. The summed E-state index contributed by atoms with van der Waals surface area (Å²) in [4.78, 5) is 25.1. The number of ether oxygens (including phenoxy) is 2. The molecule has 0 unspecified atom stereocenters. The number of para-hydroxylation sites is 2. The van der Waals surface area contributed by atoms with E-state index in [4.69, 9.17) is 9.47 Å². The monoisotopic (exact) mass is 489 g/mol. The highest BCUT2D eigenvalue weighted by atomic mass is 16.5. The Balaban J connectivity index is 1.65. The van der Waals surface area contributed by atoms with Crippen LogP contribution in [0.1, 0.15) is 32.3 Å². The maximum Gasteiger partial charge on any atom is 0.305 e. The number of carbonyl (C=O) groups is 2. The SMILES string of the molecule is CCC(=O)OCCN(CCOC(=O)CC)c1ccc(CNN(c2ccccc2)c2ccccc2)cc1. The van der Waals surface area contributed by atoms with Gasteiger partial charge < -0.3 is 14.4 Å². The summed E-state index contributed by atoms with van der Waals surface area (Å²) in [7, 11) is 0. The Kier molecular flexibility index (Phi) is 10.8. The summed E-state index contributed by atoms with van der Waals surface area (Å²) in [5.74, 6) is -0.453. The van der Waals surface area contributed by atoms with Gasteiger partial charge in [0.2, 0.25) is 0 Å². The van der Waals surface area contributed by atoms with Crippen LogP contribution in [0.15, 0.2) is 84.9 Å². The van der Waals surface area contributed by atoms with Crippen LogP contribution >= 0.6 is 0 Å². The molecule has 0 radical (unpaired) electrons. The van der Waals surface area contributed by atoms with E-state index in [1.54, 1.807) is 13.8 Å². The van der Waals surface area contributed by atoms with Crippen molar-refractivity contribution >= 4 is 29.0 Å². The molecule has 3 rings (SSSR count). The first-order valence-electron chi connectivity index (χ1n) is 12.4. The first-order valence-corrected chi connectivity index (χ1v) is 12.4. The molecular weight excluding hydrogens is 454 g/mol. The molecule has 0 aliphatic rings. The molecule has 0 atom stereocenters. The minimum atomic E-state index is -0.227. The van der Waals surface area contributed by atoms with Crippen molar-refractivity contribution in [3.63, 3.8) is 0 Å². The van der Waals surface area contributed by atoms with Gasteiger partial charge in [-0.25, -0.2) is 5.43 Å². The summed E-state index contributed by atoms with van der Waals surface area (Å²) in [5.41, 5.74) is 7.72. The fourth-order valence-corrected chi connectivity index (χ4v) is 3.59. The number of rotatable bonds is 14. The van der Waals surface area contributed by atoms with Crippen molar-refractivity contribution < 1.29 is 19.1 Å². The average molecular weight is 490 g/mol. The van der Waals surface area contributed by atoms with E-state index in [0.717, 1.165) is 22.6 Å². The van der Waals surface area contributed by atoms with Gasteiger partial charge in [0.25, 0.3) is 0 Å². The zero-order valence-corrected chi connectivity index (χ0v) is 21.1. The molecular formula is C29H35N3O4. The van der Waals surface area contributed by atoms with Gasteiger partial charge in [-0.2, -0.15) is 0 Å². The summed E-state index contributed by atoms with van der Waals surface area (Å²) >= 11 is 0. The molecule has 0 amide bonds. The lowest BCUT2D eigenvalue weighted by Crippen LogP contribution is -2.33. The zero-order chi connectivity index (χ0) is 25.6. The summed E-state index contributed by atoms with van der Waals surface area (Å²) in [6.07, 6.45) is 0.692. The van der Waals surface area contributed by atoms with E-state index < -0.39 is 0 Å². The fraction of sp³-hybridized carbons (Fsp3) is 0.310. The number of nitrogens with zero attached hydrogens (tertiary/aromatic N) is 2. The van der Waals surface area contributed by atoms with Gasteiger partial charge in [-0.3, -0.25) is 14.6 Å². The molecule has 1 N–H and O–H groups in total. The predicted molar refractivity (Wildman–Crippen MR) is 143 cm³/mol. The third kappa shape index (κ3) is 8.43. The summed E-state index contributed by atoms with van der Waals surface area (Å²) in [6.45, 7) is 5.76. The predicted octanol–water partition coefficient (Wildman–Crippen LogP) is 5.24. The van der Waals surface area contributed by atoms with E-state index in [0.29, 0.717) is 32.5 Å². The van der Waals surface area contributed by atoms with E-state index in [2.05, 4.69) is 51.7 Å². The Morgan fingerprint density at radius 1 is 0.667 bits per heavy atom. The third-order valence-corrected chi connectivity index (χ3v) is 5.60. The Hall–Kier alpha value is -3.84. The lowest BCUT2D eigenvalue weighted by Gasteiger charge is -2.26. The molecule has 36 heavy (non-hydrogen) atoms. The highest BCUT2D eigenvalue weighted by molar-refractivity contribution is 5.69. The Morgan fingerprint density at radius 2 is 1.14 bits per heavy atom. The minimum absolute atomic E-state index is 0.227. The molecule has 0 aliphatic heterocycles. The van der Waals surface area contributed by atoms with Gasteiger partial charge in [0.05, 0.1) is 24.5 Å². The number of hydrogen-bond donors (Lipinski definition) is 1. The molecule has 190 valence electrons. The van der Waals surface area contributed by atoms with Crippen molar-refractivity contribution in [2.45, 2.75) is 33.2 Å². The molecule has 0 aliphatic carbocycles. The second kappa shape index (κ2) is 14.5. The Bertz CT molecular complexity index is 997. The number of esters is 2. The van der Waals surface area contributed by atoms with Crippen molar-refractivity contribution in [2.24, 2.45) is 0 Å². The van der Waals surface area contributed by atoms with Gasteiger partial charge in [-0.05, 0) is 42.0 Å². The van der Waals surface area contributed by atoms with Crippen LogP contribution in [0, 0.1) is 0 Å². The fourth-order valence-electron chi connectivity index (χ4n) is 3.59. The topological polar surface area (TPSA) is 71.1 Å². The van der Waals surface area contributed by atoms with Crippen molar-refractivity contribution in [2.75, 3.05) is 36.2 Å². The van der Waals surface area contributed by atoms with Crippen molar-refractivity contribution in [1.29, 1.82) is 0 Å². The van der Waals surface area contributed by atoms with Gasteiger partial charge in [0.15, 0.2) is 0 Å². The van der Waals surface area contributed by atoms with Crippen molar-refractivity contribution in [1.82, 2.24) is 5.43 Å². The molecule has 7 nitrogen and oxygen atoms in total. The van der Waals surface area contributed by atoms with E-state index in [9.17, 15) is 9.59 Å². The first-order chi connectivity index (χ1) is 17.6. The molecule has 0 spiro atoms. The number of nitrogens with one attached hydrogen (secondary N) is 1. The van der Waals surface area contributed by atoms with Crippen LogP contribution in [-0.4, -0.2) is 38.2 Å². The van der Waals surface area contributed by atoms with Gasteiger partial charge in [-0.1, -0.05) is 62.4 Å². The standard InChI is InChI=1S/C29H35N3O4/c1-3-28(33)35-21-19-31(20-22-36-29(34)4-2)25-17-15-24(16-18-25)23-30-32(26-11-7-5-8-12-26)27-13-9-6-10-14-27/h5-18,30H,3-4,19-23H2,1-2H3. The molecule has 0 aromatic heterocycles. The normalized spacial score (nSPS) is 10.5. The van der Waals surface area contributed by atoms with E-state index >= 15 is 0 Å².